The number of alkyl halides is 3. The molecule has 0 bridgehead atoms. The lowest BCUT2D eigenvalue weighted by Gasteiger charge is -2.16. The Bertz CT molecular complexity index is 1540. The normalized spacial score (nSPS) is 14.7. The van der Waals surface area contributed by atoms with E-state index in [1.165, 1.54) is 37.5 Å². The molecule has 0 saturated carbocycles. The van der Waals surface area contributed by atoms with E-state index in [2.05, 4.69) is 5.32 Å². The molecule has 0 radical (unpaired) electrons. The van der Waals surface area contributed by atoms with Crippen molar-refractivity contribution in [1.82, 2.24) is 4.90 Å². The molecule has 2 aromatic carbocycles. The van der Waals surface area contributed by atoms with Crippen LogP contribution in [0.1, 0.15) is 11.3 Å². The van der Waals surface area contributed by atoms with Crippen LogP contribution in [0.5, 0.6) is 5.75 Å². The van der Waals surface area contributed by atoms with Gasteiger partial charge in [0, 0.05) is 23.8 Å². The third kappa shape index (κ3) is 6.07. The van der Waals surface area contributed by atoms with Gasteiger partial charge in [-0.3, -0.25) is 29.4 Å². The zero-order chi connectivity index (χ0) is 28.5. The Morgan fingerprint density at radius 2 is 1.95 bits per heavy atom. The molecule has 10 nitrogen and oxygen atoms in total. The van der Waals surface area contributed by atoms with Gasteiger partial charge < -0.3 is 14.5 Å². The number of ether oxygens (including phenoxy) is 1. The number of nitrogens with zero attached hydrogens (tertiary/aromatic N) is 2. The van der Waals surface area contributed by atoms with Crippen LogP contribution in [0, 0.1) is 10.1 Å². The Labute approximate surface area is 226 Å². The summed E-state index contributed by atoms with van der Waals surface area (Å²) in [6.45, 7) is -0.761. The van der Waals surface area contributed by atoms with Crippen LogP contribution in [0.3, 0.4) is 0 Å². The van der Waals surface area contributed by atoms with Crippen LogP contribution >= 0.6 is 23.4 Å². The van der Waals surface area contributed by atoms with E-state index >= 15 is 0 Å². The molecule has 1 aliphatic rings. The Hall–Kier alpha value is -4.30. The number of furan rings is 1. The number of carbonyl (C=O) groups excluding carboxylic acids is 3. The summed E-state index contributed by atoms with van der Waals surface area (Å²) in [6, 6.07) is 9.28. The third-order valence-corrected chi connectivity index (χ3v) is 6.53. The van der Waals surface area contributed by atoms with Gasteiger partial charge in [-0.2, -0.15) is 13.2 Å². The van der Waals surface area contributed by atoms with Crippen LogP contribution in [0.15, 0.2) is 57.9 Å². The Morgan fingerprint density at radius 3 is 2.59 bits per heavy atom. The molecule has 15 heteroatoms. The Balaban J connectivity index is 1.48. The number of hydrogen-bond donors (Lipinski definition) is 1. The minimum absolute atomic E-state index is 0.0490. The lowest BCUT2D eigenvalue weighted by atomic mass is 10.1. The maximum absolute atomic E-state index is 13.1. The van der Waals surface area contributed by atoms with E-state index < -0.39 is 40.3 Å². The molecule has 39 heavy (non-hydrogen) atoms. The van der Waals surface area contributed by atoms with Gasteiger partial charge in [-0.25, -0.2) is 0 Å². The van der Waals surface area contributed by atoms with Crippen molar-refractivity contribution in [2.45, 2.75) is 6.18 Å². The first-order valence-corrected chi connectivity index (χ1v) is 11.9. The lowest BCUT2D eigenvalue weighted by Crippen LogP contribution is -2.36. The fraction of sp³-hybridized carbons (Fsp3) is 0.125. The predicted molar refractivity (Wildman–Crippen MR) is 135 cm³/mol. The molecule has 0 spiro atoms. The van der Waals surface area contributed by atoms with E-state index in [1.54, 1.807) is 0 Å². The van der Waals surface area contributed by atoms with Crippen molar-refractivity contribution < 1.29 is 41.6 Å². The van der Waals surface area contributed by atoms with E-state index in [4.69, 9.17) is 20.8 Å². The van der Waals surface area contributed by atoms with Gasteiger partial charge in [0.1, 0.15) is 23.8 Å². The van der Waals surface area contributed by atoms with Gasteiger partial charge in [-0.05, 0) is 48.2 Å². The molecule has 3 amide bonds. The topological polar surface area (TPSA) is 132 Å². The minimum atomic E-state index is -4.67. The van der Waals surface area contributed by atoms with Gasteiger partial charge in [-0.1, -0.05) is 11.6 Å². The molecule has 3 aromatic rings. The smallest absolute Gasteiger partial charge is 0.416 e. The van der Waals surface area contributed by atoms with Crippen LogP contribution < -0.4 is 10.1 Å². The monoisotopic (exact) mass is 581 g/mol. The highest BCUT2D eigenvalue weighted by atomic mass is 35.5. The van der Waals surface area contributed by atoms with E-state index in [-0.39, 0.29) is 38.6 Å². The van der Waals surface area contributed by atoms with Gasteiger partial charge in [0.25, 0.3) is 16.8 Å². The summed E-state index contributed by atoms with van der Waals surface area (Å²) in [4.78, 5) is 48.6. The second-order valence-corrected chi connectivity index (χ2v) is 9.25. The number of halogens is 4. The molecular weight excluding hydrogens is 567 g/mol. The summed E-state index contributed by atoms with van der Waals surface area (Å²) in [5.74, 6) is -1.39. The van der Waals surface area contributed by atoms with Gasteiger partial charge in [-0.15, -0.1) is 0 Å². The van der Waals surface area contributed by atoms with Crippen molar-refractivity contribution in [2.24, 2.45) is 0 Å². The molecule has 0 unspecified atom stereocenters. The second-order valence-electron chi connectivity index (χ2n) is 7.85. The minimum Gasteiger partial charge on any atom is -0.495 e. The predicted octanol–water partition coefficient (Wildman–Crippen LogP) is 6.21. The summed E-state index contributed by atoms with van der Waals surface area (Å²) < 4.78 is 49.8. The van der Waals surface area contributed by atoms with Crippen LogP contribution in [-0.2, 0) is 15.8 Å². The maximum Gasteiger partial charge on any atom is 0.416 e. The first kappa shape index (κ1) is 27.7. The highest BCUT2D eigenvalue weighted by Gasteiger charge is 2.37. The van der Waals surface area contributed by atoms with Crippen molar-refractivity contribution in [1.29, 1.82) is 0 Å². The molecule has 1 saturated heterocycles. The number of anilines is 1. The number of rotatable bonds is 7. The first-order chi connectivity index (χ1) is 18.4. The number of nitrogens with one attached hydrogen (secondary N) is 1. The van der Waals surface area contributed by atoms with Gasteiger partial charge in [0.05, 0.1) is 33.2 Å². The lowest BCUT2D eigenvalue weighted by molar-refractivity contribution is -0.384. The fourth-order valence-electron chi connectivity index (χ4n) is 3.47. The Kier molecular flexibility index (Phi) is 7.70. The third-order valence-electron chi connectivity index (χ3n) is 5.31. The van der Waals surface area contributed by atoms with Crippen LogP contribution in [-0.4, -0.2) is 40.5 Å². The van der Waals surface area contributed by atoms with E-state index in [0.717, 1.165) is 18.2 Å². The average Bonchev–Trinajstić information content (AvgIpc) is 3.43. The molecule has 1 aliphatic heterocycles. The van der Waals surface area contributed by atoms with E-state index in [9.17, 15) is 37.7 Å². The fourth-order valence-corrected chi connectivity index (χ4v) is 4.56. The van der Waals surface area contributed by atoms with Crippen LogP contribution in [0.2, 0.25) is 5.02 Å². The first-order valence-electron chi connectivity index (χ1n) is 10.7. The SMILES string of the molecule is COc1ccc(C(F)(F)F)cc1NC(=O)CN1C(=O)S/C(=C\c2ccc(-c3ccc([N+](=O)[O-])cc3Cl)o2)C1=O. The van der Waals surface area contributed by atoms with Crippen molar-refractivity contribution in [3.05, 3.63) is 79.9 Å². The second kappa shape index (κ2) is 10.8. The Morgan fingerprint density at radius 1 is 1.21 bits per heavy atom. The molecule has 0 atom stereocenters. The van der Waals surface area contributed by atoms with Crippen LogP contribution in [0.25, 0.3) is 17.4 Å². The van der Waals surface area contributed by atoms with E-state index in [1.807, 2.05) is 0 Å². The average molecular weight is 582 g/mol. The van der Waals surface area contributed by atoms with Crippen molar-refractivity contribution >= 4 is 57.9 Å². The molecule has 4 rings (SSSR count). The number of benzene rings is 2. The molecule has 202 valence electrons. The van der Waals surface area contributed by atoms with Crippen molar-refractivity contribution in [3.8, 4) is 17.1 Å². The number of carbonyl (C=O) groups is 3. The van der Waals surface area contributed by atoms with E-state index in [0.29, 0.717) is 28.3 Å². The largest absolute Gasteiger partial charge is 0.495 e. The number of thioether (sulfide) groups is 1. The zero-order valence-corrected chi connectivity index (χ0v) is 21.1. The molecule has 1 N–H and O–H groups in total. The van der Waals surface area contributed by atoms with Crippen molar-refractivity contribution in [2.75, 3.05) is 19.0 Å². The number of nitro benzene ring substituents is 1. The standard InChI is InChI=1S/C24H15ClF3N3O7S/c1-37-19-6-2-12(24(26,27)28)8-17(19)29-21(32)11-30-22(33)20(39-23(30)34)10-14-4-7-18(38-14)15-5-3-13(31(35)36)9-16(15)25/h2-10H,11H2,1H3,(H,29,32)/b20-10-. The molecule has 1 fully saturated rings. The molecular formula is C24H15ClF3N3O7S. The summed E-state index contributed by atoms with van der Waals surface area (Å²) in [6.07, 6.45) is -3.40. The molecule has 1 aromatic heterocycles. The number of amides is 3. The van der Waals surface area contributed by atoms with Gasteiger partial charge in [0.2, 0.25) is 5.91 Å². The summed E-state index contributed by atoms with van der Waals surface area (Å²) >= 11 is 6.65. The van der Waals surface area contributed by atoms with Gasteiger partial charge in [0.15, 0.2) is 0 Å². The number of nitro groups is 1. The van der Waals surface area contributed by atoms with Gasteiger partial charge >= 0.3 is 6.18 Å². The number of hydrogen-bond acceptors (Lipinski definition) is 8. The summed E-state index contributed by atoms with van der Waals surface area (Å²) in [7, 11) is 1.20. The van der Waals surface area contributed by atoms with Crippen LogP contribution in [0.4, 0.5) is 29.3 Å². The highest BCUT2D eigenvalue weighted by Crippen LogP contribution is 2.37. The zero-order valence-electron chi connectivity index (χ0n) is 19.6. The number of non-ortho nitro benzene ring substituents is 1. The quantitative estimate of drug-likeness (QED) is 0.198. The summed E-state index contributed by atoms with van der Waals surface area (Å²) in [5, 5.41) is 12.4. The summed E-state index contributed by atoms with van der Waals surface area (Å²) in [5.41, 5.74) is -1.16. The molecule has 2 heterocycles. The maximum atomic E-state index is 13.1. The number of methoxy groups -OCH3 is 1. The van der Waals surface area contributed by atoms with Crippen molar-refractivity contribution in [3.63, 3.8) is 0 Å². The highest BCUT2D eigenvalue weighted by molar-refractivity contribution is 8.18. The number of imide groups is 1. The molecule has 0 aliphatic carbocycles.